The van der Waals surface area contributed by atoms with Gasteiger partial charge < -0.3 is 29.5 Å². The molecule has 1 atom stereocenters. The quantitative estimate of drug-likeness (QED) is 0.287. The summed E-state index contributed by atoms with van der Waals surface area (Å²) in [5.41, 5.74) is -3.06. The molecule has 30 heavy (non-hydrogen) atoms. The van der Waals surface area contributed by atoms with Gasteiger partial charge >= 0.3 is 6.18 Å². The van der Waals surface area contributed by atoms with Gasteiger partial charge in [-0.25, -0.2) is 4.98 Å². The number of furan rings is 1. The number of aliphatic hydroxyl groups is 1. The van der Waals surface area contributed by atoms with Crippen molar-refractivity contribution < 1.29 is 27.4 Å². The van der Waals surface area contributed by atoms with Crippen LogP contribution in [0, 0.1) is 0 Å². The van der Waals surface area contributed by atoms with Gasteiger partial charge in [-0.2, -0.15) is 13.2 Å². The van der Waals surface area contributed by atoms with Crippen molar-refractivity contribution in [2.45, 2.75) is 38.1 Å². The third-order valence-corrected chi connectivity index (χ3v) is 4.32. The predicted octanol–water partition coefficient (Wildman–Crippen LogP) is 2.32. The minimum atomic E-state index is -4.87. The van der Waals surface area contributed by atoms with Crippen LogP contribution in [0.1, 0.15) is 31.4 Å². The molecule has 8 nitrogen and oxygen atoms in total. The Morgan fingerprint density at radius 3 is 2.77 bits per heavy atom. The van der Waals surface area contributed by atoms with Crippen molar-refractivity contribution in [3.8, 4) is 0 Å². The van der Waals surface area contributed by atoms with E-state index in [0.717, 1.165) is 10.3 Å². The van der Waals surface area contributed by atoms with E-state index in [-0.39, 0.29) is 6.54 Å². The van der Waals surface area contributed by atoms with Gasteiger partial charge in [0.25, 0.3) is 0 Å². The molecule has 3 N–H and O–H groups in total. The number of aromatic nitrogens is 2. The largest absolute Gasteiger partial charge is 0.467 e. The Hall–Kier alpha value is -2.53. The van der Waals surface area contributed by atoms with Crippen molar-refractivity contribution in [3.05, 3.63) is 42.4 Å². The van der Waals surface area contributed by atoms with Crippen molar-refractivity contribution >= 4 is 5.96 Å². The molecule has 11 heteroatoms. The van der Waals surface area contributed by atoms with E-state index in [9.17, 15) is 18.3 Å². The lowest BCUT2D eigenvalue weighted by molar-refractivity contribution is -0.272. The molecular weight excluding hydrogens is 403 g/mol. The van der Waals surface area contributed by atoms with Gasteiger partial charge in [0.1, 0.15) is 18.2 Å². The Labute approximate surface area is 173 Å². The van der Waals surface area contributed by atoms with Crippen molar-refractivity contribution in [1.82, 2.24) is 20.2 Å². The monoisotopic (exact) mass is 431 g/mol. The molecular formula is C19H28F3N5O3. The standard InChI is InChI=1S/C19H28F3N5O3/c1-3-23-17(25-8-5-12-29-14-15-6-4-13-30-15)26-9-7-18(28,19(20,21)22)16-24-10-11-27(16)2/h4,6,10-11,13,28H,3,5,7-9,12,14H2,1-2H3,(H2,23,25,26). The Morgan fingerprint density at radius 2 is 2.17 bits per heavy atom. The van der Waals surface area contributed by atoms with E-state index in [0.29, 0.717) is 38.7 Å². The summed E-state index contributed by atoms with van der Waals surface area (Å²) in [6.45, 7) is 3.52. The maximum atomic E-state index is 13.5. The first kappa shape index (κ1) is 23.7. The molecule has 2 rings (SSSR count). The predicted molar refractivity (Wildman–Crippen MR) is 105 cm³/mol. The summed E-state index contributed by atoms with van der Waals surface area (Å²) in [4.78, 5) is 8.00. The molecule has 0 aliphatic heterocycles. The number of aryl methyl sites for hydroxylation is 1. The molecule has 0 spiro atoms. The zero-order chi connectivity index (χ0) is 22.0. The van der Waals surface area contributed by atoms with Crippen LogP contribution >= 0.6 is 0 Å². The molecule has 0 aliphatic rings. The number of alkyl halides is 3. The van der Waals surface area contributed by atoms with Gasteiger partial charge in [0.15, 0.2) is 5.96 Å². The molecule has 1 unspecified atom stereocenters. The van der Waals surface area contributed by atoms with Crippen LogP contribution in [0.2, 0.25) is 0 Å². The topological polar surface area (TPSA) is 96.8 Å². The fraction of sp³-hybridized carbons (Fsp3) is 0.579. The fourth-order valence-electron chi connectivity index (χ4n) is 2.77. The average Bonchev–Trinajstić information content (AvgIpc) is 3.35. The van der Waals surface area contributed by atoms with Crippen LogP contribution in [0.3, 0.4) is 0 Å². The second-order valence-corrected chi connectivity index (χ2v) is 6.64. The van der Waals surface area contributed by atoms with Crippen molar-refractivity contribution in [2.24, 2.45) is 12.0 Å². The first-order valence-corrected chi connectivity index (χ1v) is 9.67. The zero-order valence-electron chi connectivity index (χ0n) is 17.1. The molecule has 168 valence electrons. The summed E-state index contributed by atoms with van der Waals surface area (Å²) >= 11 is 0. The summed E-state index contributed by atoms with van der Waals surface area (Å²) in [6.07, 6.45) is -0.688. The average molecular weight is 431 g/mol. The summed E-state index contributed by atoms with van der Waals surface area (Å²) in [5.74, 6) is 0.652. The molecule has 0 bridgehead atoms. The summed E-state index contributed by atoms with van der Waals surface area (Å²) in [5, 5.41) is 16.1. The lowest BCUT2D eigenvalue weighted by Crippen LogP contribution is -2.48. The lowest BCUT2D eigenvalue weighted by atomic mass is 9.97. The van der Waals surface area contributed by atoms with E-state index in [1.165, 1.54) is 19.4 Å². The Balaban J connectivity index is 1.83. The van der Waals surface area contributed by atoms with Gasteiger partial charge in [-0.05, 0) is 25.5 Å². The second kappa shape index (κ2) is 11.0. The number of hydrogen-bond donors (Lipinski definition) is 3. The Bertz CT molecular complexity index is 777. The minimum absolute atomic E-state index is 0.149. The Kier molecular flexibility index (Phi) is 8.72. The van der Waals surface area contributed by atoms with Crippen LogP contribution in [-0.4, -0.2) is 53.0 Å². The molecule has 0 saturated carbocycles. The van der Waals surface area contributed by atoms with Gasteiger partial charge in [-0.1, -0.05) is 0 Å². The molecule has 0 aliphatic carbocycles. The van der Waals surface area contributed by atoms with Crippen molar-refractivity contribution in [3.63, 3.8) is 0 Å². The second-order valence-electron chi connectivity index (χ2n) is 6.64. The maximum absolute atomic E-state index is 13.5. The zero-order valence-corrected chi connectivity index (χ0v) is 17.1. The highest BCUT2D eigenvalue weighted by Crippen LogP contribution is 2.40. The summed E-state index contributed by atoms with van der Waals surface area (Å²) in [6, 6.07) is 3.60. The molecule has 2 aromatic rings. The van der Waals surface area contributed by atoms with Crippen LogP contribution in [0.5, 0.6) is 0 Å². The molecule has 2 aromatic heterocycles. The van der Waals surface area contributed by atoms with Crippen LogP contribution in [0.4, 0.5) is 13.2 Å². The number of ether oxygens (including phenoxy) is 1. The maximum Gasteiger partial charge on any atom is 0.424 e. The molecule has 0 amide bonds. The fourth-order valence-corrected chi connectivity index (χ4v) is 2.77. The number of halogens is 3. The number of aliphatic imine (C=N–C) groups is 1. The number of hydrogen-bond acceptors (Lipinski definition) is 5. The first-order valence-electron chi connectivity index (χ1n) is 9.67. The van der Waals surface area contributed by atoms with Crippen molar-refractivity contribution in [1.29, 1.82) is 0 Å². The molecule has 0 radical (unpaired) electrons. The SMILES string of the molecule is CCNC(=NCCCOCc1ccco1)NCCC(O)(c1nccn1C)C(F)(F)F. The number of guanidine groups is 1. The van der Waals surface area contributed by atoms with Gasteiger partial charge in [-0.3, -0.25) is 4.99 Å². The summed E-state index contributed by atoms with van der Waals surface area (Å²) in [7, 11) is 1.41. The number of nitrogens with one attached hydrogen (secondary N) is 2. The summed E-state index contributed by atoms with van der Waals surface area (Å²) < 4.78 is 52.4. The van der Waals surface area contributed by atoms with E-state index in [1.807, 2.05) is 13.0 Å². The number of rotatable bonds is 11. The molecule has 0 saturated heterocycles. The van der Waals surface area contributed by atoms with Gasteiger partial charge in [-0.15, -0.1) is 0 Å². The molecule has 0 fully saturated rings. The highest BCUT2D eigenvalue weighted by atomic mass is 19.4. The third-order valence-electron chi connectivity index (χ3n) is 4.32. The highest BCUT2D eigenvalue weighted by Gasteiger charge is 2.57. The molecule has 2 heterocycles. The number of nitrogens with zero attached hydrogens (tertiary/aromatic N) is 3. The van der Waals surface area contributed by atoms with E-state index in [4.69, 9.17) is 9.15 Å². The normalized spacial score (nSPS) is 14.5. The van der Waals surface area contributed by atoms with Gasteiger partial charge in [0.05, 0.1) is 6.26 Å². The van der Waals surface area contributed by atoms with Crippen LogP contribution in [0.25, 0.3) is 0 Å². The Morgan fingerprint density at radius 1 is 1.37 bits per heavy atom. The smallest absolute Gasteiger partial charge is 0.424 e. The van der Waals surface area contributed by atoms with E-state index in [1.54, 1.807) is 12.3 Å². The van der Waals surface area contributed by atoms with E-state index >= 15 is 0 Å². The van der Waals surface area contributed by atoms with E-state index < -0.39 is 24.0 Å². The first-order chi connectivity index (χ1) is 14.3. The van der Waals surface area contributed by atoms with Crippen LogP contribution < -0.4 is 10.6 Å². The van der Waals surface area contributed by atoms with Crippen LogP contribution in [0.15, 0.2) is 40.2 Å². The lowest BCUT2D eigenvalue weighted by Gasteiger charge is -2.30. The minimum Gasteiger partial charge on any atom is -0.467 e. The van der Waals surface area contributed by atoms with Crippen molar-refractivity contribution in [2.75, 3.05) is 26.2 Å². The van der Waals surface area contributed by atoms with Gasteiger partial charge in [0, 0.05) is 52.1 Å². The highest BCUT2D eigenvalue weighted by molar-refractivity contribution is 5.79. The van der Waals surface area contributed by atoms with Crippen LogP contribution in [-0.2, 0) is 24.0 Å². The van der Waals surface area contributed by atoms with Gasteiger partial charge in [0.2, 0.25) is 5.60 Å². The van der Waals surface area contributed by atoms with E-state index in [2.05, 4.69) is 20.6 Å². The number of imidazole rings is 1. The molecule has 0 aromatic carbocycles. The third kappa shape index (κ3) is 6.49.